The molecule has 0 aliphatic carbocycles. The zero-order valence-corrected chi connectivity index (χ0v) is 24.2. The van der Waals surface area contributed by atoms with Crippen molar-refractivity contribution in [1.29, 1.82) is 0 Å². The second-order valence-electron chi connectivity index (χ2n) is 11.6. The summed E-state index contributed by atoms with van der Waals surface area (Å²) >= 11 is 0. The minimum atomic E-state index is -0.537. The Kier molecular flexibility index (Phi) is 7.71. The van der Waals surface area contributed by atoms with Crippen LogP contribution in [0.25, 0.3) is 0 Å². The van der Waals surface area contributed by atoms with Crippen LogP contribution in [-0.2, 0) is 17.8 Å². The van der Waals surface area contributed by atoms with Gasteiger partial charge in [0.05, 0.1) is 26.2 Å². The third kappa shape index (κ3) is 5.31. The number of likely N-dealkylation sites (tertiary alicyclic amines) is 1. The molecule has 1 fully saturated rings. The highest BCUT2D eigenvalue weighted by atomic mass is 16.5. The Labute approximate surface area is 242 Å². The number of piperidine rings is 1. The molecular formula is C34H39N3O4. The lowest BCUT2D eigenvalue weighted by molar-refractivity contribution is -0.124. The van der Waals surface area contributed by atoms with E-state index < -0.39 is 5.92 Å². The number of carbonyl (C=O) groups is 2. The molecule has 3 aliphatic rings. The predicted molar refractivity (Wildman–Crippen MR) is 158 cm³/mol. The molecule has 0 radical (unpaired) electrons. The number of ether oxygens (including phenoxy) is 2. The van der Waals surface area contributed by atoms with Crippen LogP contribution in [0.1, 0.15) is 63.0 Å². The number of nitrogens with one attached hydrogen (secondary N) is 1. The first-order valence-corrected chi connectivity index (χ1v) is 14.7. The molecule has 2 unspecified atom stereocenters. The van der Waals surface area contributed by atoms with Gasteiger partial charge in [0.25, 0.3) is 5.91 Å². The zero-order valence-electron chi connectivity index (χ0n) is 24.2. The van der Waals surface area contributed by atoms with Crippen molar-refractivity contribution in [3.8, 4) is 11.5 Å². The van der Waals surface area contributed by atoms with E-state index >= 15 is 0 Å². The van der Waals surface area contributed by atoms with E-state index in [4.69, 9.17) is 9.47 Å². The lowest BCUT2D eigenvalue weighted by atomic mass is 9.75. The van der Waals surface area contributed by atoms with Crippen molar-refractivity contribution in [3.05, 3.63) is 94.0 Å². The first-order chi connectivity index (χ1) is 20.0. The van der Waals surface area contributed by atoms with E-state index in [-0.39, 0.29) is 17.9 Å². The van der Waals surface area contributed by atoms with E-state index in [0.29, 0.717) is 41.6 Å². The summed E-state index contributed by atoms with van der Waals surface area (Å²) in [6.45, 7) is 6.37. The molecule has 3 heterocycles. The smallest absolute Gasteiger partial charge is 0.254 e. The Balaban J connectivity index is 1.22. The Bertz CT molecular complexity index is 1450. The van der Waals surface area contributed by atoms with Gasteiger partial charge in [-0.25, -0.2) is 0 Å². The molecule has 1 saturated heterocycles. The van der Waals surface area contributed by atoms with Crippen molar-refractivity contribution in [2.24, 2.45) is 5.92 Å². The van der Waals surface area contributed by atoms with Gasteiger partial charge in [0.15, 0.2) is 11.5 Å². The van der Waals surface area contributed by atoms with Gasteiger partial charge >= 0.3 is 0 Å². The number of nitrogens with zero attached hydrogens (tertiary/aromatic N) is 2. The molecule has 6 rings (SSSR count). The fourth-order valence-electron chi connectivity index (χ4n) is 6.90. The normalized spacial score (nSPS) is 20.6. The summed E-state index contributed by atoms with van der Waals surface area (Å²) in [5.74, 6) is 0.802. The van der Waals surface area contributed by atoms with E-state index in [1.54, 1.807) is 20.3 Å². The molecular weight excluding hydrogens is 514 g/mol. The van der Waals surface area contributed by atoms with Crippen LogP contribution in [-0.4, -0.2) is 62.0 Å². The first kappa shape index (κ1) is 27.3. The highest BCUT2D eigenvalue weighted by Crippen LogP contribution is 2.48. The minimum Gasteiger partial charge on any atom is -0.493 e. The van der Waals surface area contributed by atoms with Crippen molar-refractivity contribution in [3.63, 3.8) is 0 Å². The molecule has 0 aromatic heterocycles. The van der Waals surface area contributed by atoms with Gasteiger partial charge in [-0.3, -0.25) is 14.5 Å². The Morgan fingerprint density at radius 1 is 0.927 bits per heavy atom. The third-order valence-electron chi connectivity index (χ3n) is 9.07. The van der Waals surface area contributed by atoms with Crippen LogP contribution >= 0.6 is 0 Å². The van der Waals surface area contributed by atoms with E-state index in [2.05, 4.69) is 53.5 Å². The second-order valence-corrected chi connectivity index (χ2v) is 11.6. The lowest BCUT2D eigenvalue weighted by Gasteiger charge is -2.45. The van der Waals surface area contributed by atoms with Gasteiger partial charge in [-0.1, -0.05) is 54.1 Å². The molecule has 3 aliphatic heterocycles. The molecule has 7 heteroatoms. The number of methoxy groups -OCH3 is 2. The molecule has 7 nitrogen and oxygen atoms in total. The quantitative estimate of drug-likeness (QED) is 0.452. The van der Waals surface area contributed by atoms with Gasteiger partial charge in [-0.2, -0.15) is 0 Å². The summed E-state index contributed by atoms with van der Waals surface area (Å²) in [7, 11) is 3.14. The molecule has 2 atom stereocenters. The number of benzene rings is 3. The van der Waals surface area contributed by atoms with Crippen molar-refractivity contribution in [2.75, 3.05) is 40.4 Å². The van der Waals surface area contributed by atoms with Gasteiger partial charge in [0.2, 0.25) is 5.91 Å². The lowest BCUT2D eigenvalue weighted by Crippen LogP contribution is -2.50. The molecule has 214 valence electrons. The molecule has 0 saturated carbocycles. The van der Waals surface area contributed by atoms with E-state index in [1.165, 1.54) is 16.7 Å². The molecule has 41 heavy (non-hydrogen) atoms. The van der Waals surface area contributed by atoms with E-state index in [0.717, 1.165) is 44.5 Å². The van der Waals surface area contributed by atoms with Crippen molar-refractivity contribution in [2.45, 2.75) is 44.7 Å². The number of aryl methyl sites for hydroxylation is 1. The van der Waals surface area contributed by atoms with Gasteiger partial charge in [0.1, 0.15) is 0 Å². The summed E-state index contributed by atoms with van der Waals surface area (Å²) in [6, 6.07) is 20.1. The number of hydrogen-bond acceptors (Lipinski definition) is 5. The minimum absolute atomic E-state index is 0.0418. The van der Waals surface area contributed by atoms with Crippen LogP contribution < -0.4 is 14.8 Å². The Morgan fingerprint density at radius 2 is 1.68 bits per heavy atom. The highest BCUT2D eigenvalue weighted by molar-refractivity contribution is 6.02. The predicted octanol–water partition coefficient (Wildman–Crippen LogP) is 4.88. The summed E-state index contributed by atoms with van der Waals surface area (Å²) in [5.41, 5.74) is 6.12. The average Bonchev–Trinajstić information content (AvgIpc) is 3.00. The standard InChI is InChI=1S/C34H39N3O4/c1-22-7-6-8-24(17-22)21-36-14-11-23(12-15-36)20-35-33(38)31-27-18-29(40-2)30(41-3)19-28(27)34(39)37-16-13-25-9-4-5-10-26(25)32(31)37/h4-10,17-19,23,31-32H,11-16,20-21H2,1-3H3,(H,35,38). The molecule has 1 N–H and O–H groups in total. The SMILES string of the molecule is COc1cc2c(cc1OC)C(C(=O)NCC1CCN(Cc3cccc(C)c3)CC1)C1c3ccccc3CCN1C2=O. The van der Waals surface area contributed by atoms with E-state index in [9.17, 15) is 9.59 Å². The van der Waals surface area contributed by atoms with Crippen LogP contribution in [0.4, 0.5) is 0 Å². The fourth-order valence-corrected chi connectivity index (χ4v) is 6.90. The monoisotopic (exact) mass is 553 g/mol. The number of rotatable bonds is 7. The maximum atomic E-state index is 14.1. The van der Waals surface area contributed by atoms with Gasteiger partial charge in [-0.15, -0.1) is 0 Å². The Hall–Kier alpha value is -3.84. The van der Waals surface area contributed by atoms with E-state index in [1.807, 2.05) is 23.1 Å². The maximum absolute atomic E-state index is 14.1. The summed E-state index contributed by atoms with van der Waals surface area (Å²) < 4.78 is 11.1. The molecule has 0 spiro atoms. The van der Waals surface area contributed by atoms with Gasteiger partial charge < -0.3 is 19.7 Å². The number of hydrogen-bond donors (Lipinski definition) is 1. The van der Waals surface area contributed by atoms with Crippen LogP contribution in [0.15, 0.2) is 60.7 Å². The van der Waals surface area contributed by atoms with Gasteiger partial charge in [-0.05, 0) is 79.6 Å². The summed E-state index contributed by atoms with van der Waals surface area (Å²) in [5, 5.41) is 3.31. The molecule has 2 amide bonds. The first-order valence-electron chi connectivity index (χ1n) is 14.7. The van der Waals surface area contributed by atoms with Crippen molar-refractivity contribution in [1.82, 2.24) is 15.1 Å². The average molecular weight is 554 g/mol. The topological polar surface area (TPSA) is 71.1 Å². The highest BCUT2D eigenvalue weighted by Gasteiger charge is 2.47. The summed E-state index contributed by atoms with van der Waals surface area (Å²) in [4.78, 5) is 32.3. The molecule has 0 bridgehead atoms. The van der Waals surface area contributed by atoms with Gasteiger partial charge in [0, 0.05) is 25.2 Å². The number of carbonyl (C=O) groups excluding carboxylic acids is 2. The number of fused-ring (bicyclic) bond motifs is 4. The van der Waals surface area contributed by atoms with Crippen molar-refractivity contribution < 1.29 is 19.1 Å². The van der Waals surface area contributed by atoms with Crippen LogP contribution in [0.3, 0.4) is 0 Å². The molecule has 3 aromatic rings. The fraction of sp³-hybridized carbons (Fsp3) is 0.412. The third-order valence-corrected chi connectivity index (χ3v) is 9.07. The maximum Gasteiger partial charge on any atom is 0.254 e. The summed E-state index contributed by atoms with van der Waals surface area (Å²) in [6.07, 6.45) is 2.88. The van der Waals surface area contributed by atoms with Crippen LogP contribution in [0.2, 0.25) is 0 Å². The largest absolute Gasteiger partial charge is 0.493 e. The van der Waals surface area contributed by atoms with Crippen molar-refractivity contribution >= 4 is 11.8 Å². The Morgan fingerprint density at radius 3 is 2.44 bits per heavy atom. The zero-order chi connectivity index (χ0) is 28.5. The van der Waals surface area contributed by atoms with Crippen LogP contribution in [0, 0.1) is 12.8 Å². The number of amides is 2. The van der Waals surface area contributed by atoms with Crippen LogP contribution in [0.5, 0.6) is 11.5 Å². The molecule has 3 aromatic carbocycles. The second kappa shape index (κ2) is 11.6.